The highest BCUT2D eigenvalue weighted by atomic mass is 16.5. The Hall–Kier alpha value is -1.75. The molecule has 0 fully saturated rings. The fraction of sp³-hybridized carbons (Fsp3) is 0.562. The Kier molecular flexibility index (Phi) is 9.04. The summed E-state index contributed by atoms with van der Waals surface area (Å²) in [6, 6.07) is 8.20. The second kappa shape index (κ2) is 11.0. The zero-order valence-corrected chi connectivity index (χ0v) is 13.3. The average molecular weight is 293 g/mol. The van der Waals surface area contributed by atoms with Gasteiger partial charge in [0.05, 0.1) is 13.7 Å². The van der Waals surface area contributed by atoms with E-state index in [-0.39, 0.29) is 0 Å². The van der Waals surface area contributed by atoms with Crippen molar-refractivity contribution in [3.05, 3.63) is 29.8 Å². The number of nitrogens with zero attached hydrogens (tertiary/aromatic N) is 1. The Bertz CT molecular complexity index is 404. The van der Waals surface area contributed by atoms with Crippen LogP contribution in [0.5, 0.6) is 5.75 Å². The molecule has 0 bridgehead atoms. The Morgan fingerprint density at radius 3 is 2.48 bits per heavy atom. The van der Waals surface area contributed by atoms with Crippen molar-refractivity contribution in [3.8, 4) is 5.75 Å². The predicted molar refractivity (Wildman–Crippen MR) is 87.2 cm³/mol. The number of hydrogen-bond acceptors (Lipinski definition) is 3. The van der Waals surface area contributed by atoms with E-state index < -0.39 is 0 Å². The van der Waals surface area contributed by atoms with Gasteiger partial charge in [0, 0.05) is 26.7 Å². The van der Waals surface area contributed by atoms with Crippen LogP contribution in [-0.4, -0.2) is 46.4 Å². The average Bonchev–Trinajstić information content (AvgIpc) is 2.54. The minimum Gasteiger partial charge on any atom is -0.497 e. The van der Waals surface area contributed by atoms with Crippen LogP contribution in [0, 0.1) is 0 Å². The molecule has 0 aliphatic heterocycles. The number of hydrogen-bond donors (Lipinski definition) is 2. The SMILES string of the molecule is CCOCCNC(=NC)NCCCc1ccc(OC)cc1. The lowest BCUT2D eigenvalue weighted by molar-refractivity contribution is 0.152. The molecule has 0 atom stereocenters. The molecule has 0 saturated heterocycles. The molecule has 0 aliphatic carbocycles. The van der Waals surface area contributed by atoms with Crippen LogP contribution in [0.4, 0.5) is 0 Å². The molecule has 1 aromatic carbocycles. The van der Waals surface area contributed by atoms with Gasteiger partial charge in [0.15, 0.2) is 5.96 Å². The van der Waals surface area contributed by atoms with E-state index in [0.29, 0.717) is 6.61 Å². The Labute approximate surface area is 127 Å². The molecule has 0 unspecified atom stereocenters. The lowest BCUT2D eigenvalue weighted by Crippen LogP contribution is -2.39. The van der Waals surface area contributed by atoms with E-state index in [4.69, 9.17) is 9.47 Å². The Morgan fingerprint density at radius 2 is 1.86 bits per heavy atom. The van der Waals surface area contributed by atoms with E-state index in [2.05, 4.69) is 27.8 Å². The maximum Gasteiger partial charge on any atom is 0.191 e. The first-order valence-corrected chi connectivity index (χ1v) is 7.45. The first-order valence-electron chi connectivity index (χ1n) is 7.45. The van der Waals surface area contributed by atoms with E-state index >= 15 is 0 Å². The van der Waals surface area contributed by atoms with Crippen molar-refractivity contribution in [1.29, 1.82) is 0 Å². The fourth-order valence-electron chi connectivity index (χ4n) is 1.90. The predicted octanol–water partition coefficient (Wildman–Crippen LogP) is 1.83. The molecule has 21 heavy (non-hydrogen) atoms. The monoisotopic (exact) mass is 293 g/mol. The van der Waals surface area contributed by atoms with Crippen LogP contribution in [0.3, 0.4) is 0 Å². The minimum absolute atomic E-state index is 0.697. The van der Waals surface area contributed by atoms with E-state index in [1.54, 1.807) is 14.2 Å². The summed E-state index contributed by atoms with van der Waals surface area (Å²) in [5.74, 6) is 1.72. The molecule has 0 amide bonds. The zero-order chi connectivity index (χ0) is 15.3. The van der Waals surface area contributed by atoms with E-state index in [9.17, 15) is 0 Å². The summed E-state index contributed by atoms with van der Waals surface area (Å²) < 4.78 is 10.4. The van der Waals surface area contributed by atoms with Crippen molar-refractivity contribution in [2.45, 2.75) is 19.8 Å². The number of ether oxygens (including phenoxy) is 2. The third kappa shape index (κ3) is 7.56. The molecule has 118 valence electrons. The normalized spacial score (nSPS) is 11.3. The molecule has 0 aromatic heterocycles. The standard InChI is InChI=1S/C16H27N3O2/c1-4-21-13-12-19-16(17-2)18-11-5-6-14-7-9-15(20-3)10-8-14/h7-10H,4-6,11-13H2,1-3H3,(H2,17,18,19). The second-order valence-electron chi connectivity index (χ2n) is 4.57. The van der Waals surface area contributed by atoms with Crippen molar-refractivity contribution in [3.63, 3.8) is 0 Å². The number of guanidine groups is 1. The van der Waals surface area contributed by atoms with Gasteiger partial charge in [0.2, 0.25) is 0 Å². The molecule has 2 N–H and O–H groups in total. The van der Waals surface area contributed by atoms with Gasteiger partial charge in [-0.15, -0.1) is 0 Å². The molecule has 0 saturated carbocycles. The topological polar surface area (TPSA) is 54.9 Å². The highest BCUT2D eigenvalue weighted by molar-refractivity contribution is 5.79. The lowest BCUT2D eigenvalue weighted by atomic mass is 10.1. The van der Waals surface area contributed by atoms with Gasteiger partial charge in [-0.3, -0.25) is 4.99 Å². The summed E-state index contributed by atoms with van der Waals surface area (Å²) in [5, 5.41) is 6.51. The number of benzene rings is 1. The quantitative estimate of drug-likeness (QED) is 0.414. The highest BCUT2D eigenvalue weighted by Gasteiger charge is 1.98. The summed E-state index contributed by atoms with van der Waals surface area (Å²) in [4.78, 5) is 4.18. The molecule has 5 nitrogen and oxygen atoms in total. The van der Waals surface area contributed by atoms with Crippen molar-refractivity contribution < 1.29 is 9.47 Å². The number of rotatable bonds is 9. The van der Waals surface area contributed by atoms with Gasteiger partial charge in [0.1, 0.15) is 5.75 Å². The van der Waals surface area contributed by atoms with Crippen LogP contribution in [-0.2, 0) is 11.2 Å². The van der Waals surface area contributed by atoms with Crippen LogP contribution in [0.2, 0.25) is 0 Å². The van der Waals surface area contributed by atoms with Gasteiger partial charge in [-0.1, -0.05) is 12.1 Å². The summed E-state index contributed by atoms with van der Waals surface area (Å²) in [6.45, 7) is 5.09. The van der Waals surface area contributed by atoms with Crippen LogP contribution in [0.1, 0.15) is 18.9 Å². The van der Waals surface area contributed by atoms with Gasteiger partial charge in [-0.2, -0.15) is 0 Å². The molecule has 0 heterocycles. The number of methoxy groups -OCH3 is 1. The van der Waals surface area contributed by atoms with E-state index in [1.165, 1.54) is 5.56 Å². The third-order valence-electron chi connectivity index (χ3n) is 3.06. The molecule has 1 aromatic rings. The molecule has 1 rings (SSSR count). The number of nitrogens with one attached hydrogen (secondary N) is 2. The van der Waals surface area contributed by atoms with Gasteiger partial charge in [0.25, 0.3) is 0 Å². The summed E-state index contributed by atoms with van der Waals surface area (Å²) in [7, 11) is 3.46. The summed E-state index contributed by atoms with van der Waals surface area (Å²) in [6.07, 6.45) is 2.09. The largest absolute Gasteiger partial charge is 0.497 e. The van der Waals surface area contributed by atoms with Crippen LogP contribution < -0.4 is 15.4 Å². The third-order valence-corrected chi connectivity index (χ3v) is 3.06. The van der Waals surface area contributed by atoms with Gasteiger partial charge in [-0.05, 0) is 37.5 Å². The van der Waals surface area contributed by atoms with Crippen LogP contribution >= 0.6 is 0 Å². The molecular weight excluding hydrogens is 266 g/mol. The zero-order valence-electron chi connectivity index (χ0n) is 13.3. The highest BCUT2D eigenvalue weighted by Crippen LogP contribution is 2.12. The van der Waals surface area contributed by atoms with Crippen molar-refractivity contribution in [2.75, 3.05) is 40.5 Å². The fourth-order valence-corrected chi connectivity index (χ4v) is 1.90. The second-order valence-corrected chi connectivity index (χ2v) is 4.57. The van der Waals surface area contributed by atoms with Crippen LogP contribution in [0.15, 0.2) is 29.3 Å². The minimum atomic E-state index is 0.697. The maximum absolute atomic E-state index is 5.28. The maximum atomic E-state index is 5.28. The van der Waals surface area contributed by atoms with Gasteiger partial charge >= 0.3 is 0 Å². The Morgan fingerprint density at radius 1 is 1.14 bits per heavy atom. The molecule has 0 radical (unpaired) electrons. The first kappa shape index (κ1) is 17.3. The van der Waals surface area contributed by atoms with Crippen molar-refractivity contribution in [2.24, 2.45) is 4.99 Å². The van der Waals surface area contributed by atoms with Crippen molar-refractivity contribution >= 4 is 5.96 Å². The van der Waals surface area contributed by atoms with Crippen LogP contribution in [0.25, 0.3) is 0 Å². The smallest absolute Gasteiger partial charge is 0.191 e. The molecule has 5 heteroatoms. The van der Waals surface area contributed by atoms with Gasteiger partial charge < -0.3 is 20.1 Å². The Balaban J connectivity index is 2.16. The summed E-state index contributed by atoms with van der Waals surface area (Å²) >= 11 is 0. The number of aliphatic imine (C=N–C) groups is 1. The molecule has 0 aliphatic rings. The molecular formula is C16H27N3O2. The lowest BCUT2D eigenvalue weighted by Gasteiger charge is -2.11. The van der Waals surface area contributed by atoms with Crippen molar-refractivity contribution in [1.82, 2.24) is 10.6 Å². The molecule has 0 spiro atoms. The summed E-state index contributed by atoms with van der Waals surface area (Å²) in [5.41, 5.74) is 1.32. The van der Waals surface area contributed by atoms with E-state index in [0.717, 1.165) is 44.2 Å². The first-order chi connectivity index (χ1) is 10.3. The van der Waals surface area contributed by atoms with E-state index in [1.807, 2.05) is 19.1 Å². The van der Waals surface area contributed by atoms with Gasteiger partial charge in [-0.25, -0.2) is 0 Å². The number of aryl methyl sites for hydroxylation is 1.